The van der Waals surface area contributed by atoms with E-state index in [2.05, 4.69) is 19.2 Å². The Balaban J connectivity index is 2.48. The number of hydrogen-bond acceptors (Lipinski definition) is 3. The Bertz CT molecular complexity index is 249. The van der Waals surface area contributed by atoms with Gasteiger partial charge in [-0.3, -0.25) is 4.79 Å². The largest absolute Gasteiger partial charge is 0.381 e. The van der Waals surface area contributed by atoms with Gasteiger partial charge in [-0.1, -0.05) is 20.8 Å². The summed E-state index contributed by atoms with van der Waals surface area (Å²) in [6, 6.07) is 0.213. The molecule has 1 aliphatic rings. The molecule has 4 nitrogen and oxygen atoms in total. The zero-order valence-corrected chi connectivity index (χ0v) is 10.7. The van der Waals surface area contributed by atoms with Crippen LogP contribution in [0.4, 0.5) is 0 Å². The first-order valence-electron chi connectivity index (χ1n) is 6.00. The molecule has 3 N–H and O–H groups in total. The minimum absolute atomic E-state index is 0.0251. The molecule has 0 aromatic rings. The maximum absolute atomic E-state index is 11.9. The van der Waals surface area contributed by atoms with Crippen LogP contribution < -0.4 is 11.1 Å². The summed E-state index contributed by atoms with van der Waals surface area (Å²) in [6.07, 6.45) is 1.94. The lowest BCUT2D eigenvalue weighted by atomic mass is 9.64. The summed E-state index contributed by atoms with van der Waals surface area (Å²) >= 11 is 0. The second kappa shape index (κ2) is 5.15. The molecule has 94 valence electrons. The molecule has 1 amide bonds. The van der Waals surface area contributed by atoms with E-state index >= 15 is 0 Å². The molecule has 3 unspecified atom stereocenters. The third kappa shape index (κ3) is 2.38. The number of methoxy groups -OCH3 is 1. The van der Waals surface area contributed by atoms with Crippen LogP contribution in [0.5, 0.6) is 0 Å². The standard InChI is InChI=1S/C12H24N2O2/c1-5-8(7-13)11(15)14-9-6-10(16-4)12(9,2)3/h8-10H,5-7,13H2,1-4H3,(H,14,15). The van der Waals surface area contributed by atoms with Gasteiger partial charge in [0.2, 0.25) is 5.91 Å². The highest BCUT2D eigenvalue weighted by atomic mass is 16.5. The number of carbonyl (C=O) groups is 1. The van der Waals surface area contributed by atoms with Gasteiger partial charge in [0.25, 0.3) is 0 Å². The van der Waals surface area contributed by atoms with Crippen molar-refractivity contribution in [1.82, 2.24) is 5.32 Å². The van der Waals surface area contributed by atoms with Crippen LogP contribution in [0.25, 0.3) is 0 Å². The van der Waals surface area contributed by atoms with Crippen molar-refractivity contribution in [3.63, 3.8) is 0 Å². The lowest BCUT2D eigenvalue weighted by molar-refractivity contribution is -0.136. The summed E-state index contributed by atoms with van der Waals surface area (Å²) in [5, 5.41) is 3.07. The van der Waals surface area contributed by atoms with Crippen molar-refractivity contribution in [3.8, 4) is 0 Å². The van der Waals surface area contributed by atoms with E-state index in [1.165, 1.54) is 0 Å². The molecule has 1 saturated carbocycles. The molecule has 4 heteroatoms. The highest BCUT2D eigenvalue weighted by Crippen LogP contribution is 2.42. The zero-order chi connectivity index (χ0) is 12.3. The third-order valence-corrected chi connectivity index (χ3v) is 3.93. The van der Waals surface area contributed by atoms with Crippen molar-refractivity contribution >= 4 is 5.91 Å². The number of rotatable bonds is 5. The Labute approximate surface area is 97.9 Å². The molecule has 3 atom stereocenters. The van der Waals surface area contributed by atoms with E-state index in [-0.39, 0.29) is 29.4 Å². The molecule has 0 heterocycles. The van der Waals surface area contributed by atoms with Gasteiger partial charge in [0.1, 0.15) is 0 Å². The molecule has 16 heavy (non-hydrogen) atoms. The third-order valence-electron chi connectivity index (χ3n) is 3.93. The molecule has 0 aliphatic heterocycles. The minimum Gasteiger partial charge on any atom is -0.381 e. The van der Waals surface area contributed by atoms with E-state index in [0.717, 1.165) is 12.8 Å². The van der Waals surface area contributed by atoms with Crippen LogP contribution in [0.2, 0.25) is 0 Å². The van der Waals surface area contributed by atoms with Crippen molar-refractivity contribution in [3.05, 3.63) is 0 Å². The van der Waals surface area contributed by atoms with Gasteiger partial charge in [-0.15, -0.1) is 0 Å². The van der Waals surface area contributed by atoms with Crippen molar-refractivity contribution in [1.29, 1.82) is 0 Å². The van der Waals surface area contributed by atoms with Crippen LogP contribution in [0.15, 0.2) is 0 Å². The molecule has 0 radical (unpaired) electrons. The van der Waals surface area contributed by atoms with Gasteiger partial charge in [-0.05, 0) is 12.8 Å². The average Bonchev–Trinajstić information content (AvgIpc) is 2.25. The normalized spacial score (nSPS) is 29.3. The predicted molar refractivity (Wildman–Crippen MR) is 64.0 cm³/mol. The van der Waals surface area contributed by atoms with Crippen molar-refractivity contribution in [2.45, 2.75) is 45.8 Å². The predicted octanol–water partition coefficient (Wildman–Crippen LogP) is 0.901. The van der Waals surface area contributed by atoms with E-state index < -0.39 is 0 Å². The summed E-state index contributed by atoms with van der Waals surface area (Å²) < 4.78 is 5.35. The Kier molecular flexibility index (Phi) is 4.33. The number of ether oxygens (including phenoxy) is 1. The molecular formula is C12H24N2O2. The molecule has 0 saturated heterocycles. The minimum atomic E-state index is -0.0580. The lowest BCUT2D eigenvalue weighted by Crippen LogP contribution is -2.62. The molecule has 0 bridgehead atoms. The molecular weight excluding hydrogens is 204 g/mol. The van der Waals surface area contributed by atoms with E-state index in [1.54, 1.807) is 7.11 Å². The molecule has 1 fully saturated rings. The smallest absolute Gasteiger partial charge is 0.224 e. The second-order valence-electron chi connectivity index (χ2n) is 5.18. The van der Waals surface area contributed by atoms with Crippen LogP contribution in [-0.4, -0.2) is 31.7 Å². The fraction of sp³-hybridized carbons (Fsp3) is 0.917. The average molecular weight is 228 g/mol. The maximum atomic E-state index is 11.9. The fourth-order valence-electron chi connectivity index (χ4n) is 2.28. The van der Waals surface area contributed by atoms with Gasteiger partial charge in [0.05, 0.1) is 6.10 Å². The van der Waals surface area contributed by atoms with Gasteiger partial charge in [-0.25, -0.2) is 0 Å². The van der Waals surface area contributed by atoms with E-state index in [9.17, 15) is 4.79 Å². The van der Waals surface area contributed by atoms with E-state index in [4.69, 9.17) is 10.5 Å². The number of carbonyl (C=O) groups excluding carboxylic acids is 1. The Morgan fingerprint density at radius 2 is 2.25 bits per heavy atom. The summed E-state index contributed by atoms with van der Waals surface area (Å²) in [6.45, 7) is 6.65. The first kappa shape index (κ1) is 13.5. The van der Waals surface area contributed by atoms with E-state index in [0.29, 0.717) is 6.54 Å². The van der Waals surface area contributed by atoms with E-state index in [1.807, 2.05) is 6.92 Å². The van der Waals surface area contributed by atoms with Crippen LogP contribution in [0.1, 0.15) is 33.6 Å². The Morgan fingerprint density at radius 1 is 1.62 bits per heavy atom. The maximum Gasteiger partial charge on any atom is 0.224 e. The topological polar surface area (TPSA) is 64.4 Å². The molecule has 1 aliphatic carbocycles. The second-order valence-corrected chi connectivity index (χ2v) is 5.18. The van der Waals surface area contributed by atoms with Gasteiger partial charge in [0, 0.05) is 31.0 Å². The van der Waals surface area contributed by atoms with Crippen molar-refractivity contribution in [2.75, 3.05) is 13.7 Å². The molecule has 1 rings (SSSR count). The van der Waals surface area contributed by atoms with Crippen LogP contribution >= 0.6 is 0 Å². The van der Waals surface area contributed by atoms with Crippen LogP contribution in [0, 0.1) is 11.3 Å². The fourth-order valence-corrected chi connectivity index (χ4v) is 2.28. The lowest BCUT2D eigenvalue weighted by Gasteiger charge is -2.51. The van der Waals surface area contributed by atoms with Crippen LogP contribution in [-0.2, 0) is 9.53 Å². The zero-order valence-electron chi connectivity index (χ0n) is 10.7. The first-order valence-corrected chi connectivity index (χ1v) is 6.00. The van der Waals surface area contributed by atoms with Gasteiger partial charge in [0.15, 0.2) is 0 Å². The van der Waals surface area contributed by atoms with Gasteiger partial charge < -0.3 is 15.8 Å². The monoisotopic (exact) mass is 228 g/mol. The SMILES string of the molecule is CCC(CN)C(=O)NC1CC(OC)C1(C)C. The molecule has 0 aromatic carbocycles. The number of amides is 1. The van der Waals surface area contributed by atoms with Crippen molar-refractivity contribution in [2.24, 2.45) is 17.1 Å². The Morgan fingerprint density at radius 3 is 2.62 bits per heavy atom. The summed E-state index contributed by atoms with van der Waals surface area (Å²) in [4.78, 5) is 11.9. The highest BCUT2D eigenvalue weighted by Gasteiger charge is 2.49. The number of nitrogens with two attached hydrogens (primary N) is 1. The van der Waals surface area contributed by atoms with Crippen LogP contribution in [0.3, 0.4) is 0 Å². The van der Waals surface area contributed by atoms with Gasteiger partial charge >= 0.3 is 0 Å². The molecule has 0 aromatic heterocycles. The number of nitrogens with one attached hydrogen (secondary N) is 1. The Hall–Kier alpha value is -0.610. The summed E-state index contributed by atoms with van der Waals surface area (Å²) in [7, 11) is 1.72. The quantitative estimate of drug-likeness (QED) is 0.735. The number of hydrogen-bond donors (Lipinski definition) is 2. The summed E-state index contributed by atoms with van der Waals surface area (Å²) in [5.74, 6) is 0.0232. The molecule has 0 spiro atoms. The van der Waals surface area contributed by atoms with Gasteiger partial charge in [-0.2, -0.15) is 0 Å². The van der Waals surface area contributed by atoms with Crippen molar-refractivity contribution < 1.29 is 9.53 Å². The highest BCUT2D eigenvalue weighted by molar-refractivity contribution is 5.79. The summed E-state index contributed by atoms with van der Waals surface area (Å²) in [5.41, 5.74) is 5.58. The first-order chi connectivity index (χ1) is 7.47.